The van der Waals surface area contributed by atoms with Crippen molar-refractivity contribution in [3.63, 3.8) is 0 Å². The normalized spacial score (nSPS) is 25.2. The van der Waals surface area contributed by atoms with Gasteiger partial charge >= 0.3 is 5.97 Å². The van der Waals surface area contributed by atoms with Gasteiger partial charge in [-0.1, -0.05) is 12.8 Å². The van der Waals surface area contributed by atoms with Crippen LogP contribution >= 0.6 is 0 Å². The second kappa shape index (κ2) is 5.81. The van der Waals surface area contributed by atoms with E-state index in [1.807, 2.05) is 4.90 Å². The van der Waals surface area contributed by atoms with E-state index >= 15 is 0 Å². The Morgan fingerprint density at radius 2 is 2.10 bits per heavy atom. The molecule has 21 heavy (non-hydrogen) atoms. The number of carbonyl (C=O) groups excluding carboxylic acids is 1. The molecule has 0 spiro atoms. The van der Waals surface area contributed by atoms with E-state index in [4.69, 9.17) is 9.84 Å². The van der Waals surface area contributed by atoms with Crippen LogP contribution < -0.4 is 0 Å². The smallest absolute Gasteiger partial charge is 0.354 e. The van der Waals surface area contributed by atoms with Gasteiger partial charge in [-0.25, -0.2) is 9.78 Å². The number of hydrogen-bond acceptors (Lipinski definition) is 4. The fraction of sp³-hybridized carbons (Fsp3) is 0.533. The minimum absolute atomic E-state index is 0.0518. The van der Waals surface area contributed by atoms with Crippen LogP contribution in [0.1, 0.15) is 46.5 Å². The summed E-state index contributed by atoms with van der Waals surface area (Å²) in [5.41, 5.74) is 0.385. The lowest BCUT2D eigenvalue weighted by atomic mass is 9.90. The van der Waals surface area contributed by atoms with Crippen molar-refractivity contribution >= 4 is 11.9 Å². The monoisotopic (exact) mass is 290 g/mol. The SMILES string of the molecule is O=C(O)c1ccc(C(=O)N2CCO[C@H]3CCCC[C@H]32)cn1. The standard InChI is InChI=1S/C15H18N2O4/c18-14(10-5-6-11(15(19)20)16-9-10)17-7-8-21-13-4-2-1-3-12(13)17/h5-6,9,12-13H,1-4,7-8H2,(H,19,20)/t12-,13+/m1/s1. The van der Waals surface area contributed by atoms with E-state index in [0.717, 1.165) is 25.7 Å². The summed E-state index contributed by atoms with van der Waals surface area (Å²) in [6, 6.07) is 3.04. The molecule has 6 heteroatoms. The van der Waals surface area contributed by atoms with Crippen molar-refractivity contribution in [3.8, 4) is 0 Å². The van der Waals surface area contributed by atoms with Gasteiger partial charge in [0, 0.05) is 12.7 Å². The summed E-state index contributed by atoms with van der Waals surface area (Å²) in [5, 5.41) is 8.84. The summed E-state index contributed by atoms with van der Waals surface area (Å²) in [4.78, 5) is 29.1. The molecule has 112 valence electrons. The van der Waals surface area contributed by atoms with Gasteiger partial charge in [0.2, 0.25) is 0 Å². The zero-order chi connectivity index (χ0) is 14.8. The highest BCUT2D eigenvalue weighted by Gasteiger charge is 2.37. The summed E-state index contributed by atoms with van der Waals surface area (Å²) >= 11 is 0. The molecule has 2 heterocycles. The molecule has 1 amide bonds. The predicted octanol–water partition coefficient (Wildman–Crippen LogP) is 1.56. The number of carboxylic acid groups (broad SMARTS) is 1. The minimum atomic E-state index is -1.09. The van der Waals surface area contributed by atoms with Crippen LogP contribution in [0, 0.1) is 0 Å². The van der Waals surface area contributed by atoms with E-state index in [1.165, 1.54) is 18.3 Å². The Labute approximate surface area is 122 Å². The van der Waals surface area contributed by atoms with Crippen molar-refractivity contribution in [3.05, 3.63) is 29.6 Å². The Morgan fingerprint density at radius 1 is 1.29 bits per heavy atom. The molecule has 0 aromatic carbocycles. The lowest BCUT2D eigenvalue weighted by molar-refractivity contribution is -0.0752. The molecule has 3 rings (SSSR count). The first-order valence-electron chi connectivity index (χ1n) is 7.29. The number of nitrogens with zero attached hydrogens (tertiary/aromatic N) is 2. The van der Waals surface area contributed by atoms with E-state index in [9.17, 15) is 9.59 Å². The average molecular weight is 290 g/mol. The molecule has 1 aliphatic heterocycles. The fourth-order valence-corrected chi connectivity index (χ4v) is 3.16. The number of amides is 1. The van der Waals surface area contributed by atoms with E-state index in [-0.39, 0.29) is 23.7 Å². The van der Waals surface area contributed by atoms with Crippen LogP contribution in [0.3, 0.4) is 0 Å². The molecule has 2 atom stereocenters. The number of aromatic nitrogens is 1. The topological polar surface area (TPSA) is 79.7 Å². The van der Waals surface area contributed by atoms with Gasteiger partial charge in [-0.15, -0.1) is 0 Å². The van der Waals surface area contributed by atoms with Crippen LogP contribution in [0.15, 0.2) is 18.3 Å². The zero-order valence-corrected chi connectivity index (χ0v) is 11.7. The van der Waals surface area contributed by atoms with E-state index in [1.54, 1.807) is 0 Å². The molecule has 0 radical (unpaired) electrons. The second-order valence-corrected chi connectivity index (χ2v) is 5.50. The van der Waals surface area contributed by atoms with E-state index in [0.29, 0.717) is 18.7 Å². The predicted molar refractivity (Wildman–Crippen MR) is 74.2 cm³/mol. The van der Waals surface area contributed by atoms with Crippen molar-refractivity contribution in [2.45, 2.75) is 37.8 Å². The highest BCUT2D eigenvalue weighted by molar-refractivity contribution is 5.95. The van der Waals surface area contributed by atoms with Crippen molar-refractivity contribution in [2.75, 3.05) is 13.2 Å². The molecule has 1 aromatic rings. The molecule has 6 nitrogen and oxygen atoms in total. The van der Waals surface area contributed by atoms with Gasteiger partial charge in [0.05, 0.1) is 24.3 Å². The number of hydrogen-bond donors (Lipinski definition) is 1. The summed E-state index contributed by atoms with van der Waals surface area (Å²) in [6.07, 6.45) is 5.73. The maximum absolute atomic E-state index is 12.6. The lowest BCUT2D eigenvalue weighted by Crippen LogP contribution is -2.54. The van der Waals surface area contributed by atoms with E-state index < -0.39 is 5.97 Å². The Morgan fingerprint density at radius 3 is 2.81 bits per heavy atom. The van der Waals surface area contributed by atoms with Crippen molar-refractivity contribution < 1.29 is 19.4 Å². The molecule has 1 aromatic heterocycles. The number of morpholine rings is 1. The third-order valence-corrected chi connectivity index (χ3v) is 4.22. The highest BCUT2D eigenvalue weighted by atomic mass is 16.5. The number of ether oxygens (including phenoxy) is 1. The Kier molecular flexibility index (Phi) is 3.88. The molecule has 1 aliphatic carbocycles. The van der Waals surface area contributed by atoms with Crippen LogP contribution in [0.4, 0.5) is 0 Å². The highest BCUT2D eigenvalue weighted by Crippen LogP contribution is 2.29. The summed E-state index contributed by atoms with van der Waals surface area (Å²) < 4.78 is 5.76. The lowest BCUT2D eigenvalue weighted by Gasteiger charge is -2.43. The summed E-state index contributed by atoms with van der Waals surface area (Å²) in [5.74, 6) is -1.17. The quantitative estimate of drug-likeness (QED) is 0.894. The van der Waals surface area contributed by atoms with Crippen LogP contribution in [0.5, 0.6) is 0 Å². The average Bonchev–Trinajstić information content (AvgIpc) is 2.53. The summed E-state index contributed by atoms with van der Waals surface area (Å²) in [7, 11) is 0. The molecule has 1 saturated heterocycles. The zero-order valence-electron chi connectivity index (χ0n) is 11.7. The third-order valence-electron chi connectivity index (χ3n) is 4.22. The molecule has 1 saturated carbocycles. The Balaban J connectivity index is 1.78. The maximum Gasteiger partial charge on any atom is 0.354 e. The molecular weight excluding hydrogens is 272 g/mol. The van der Waals surface area contributed by atoms with Gasteiger partial charge < -0.3 is 14.7 Å². The number of carboxylic acids is 1. The first-order valence-corrected chi connectivity index (χ1v) is 7.29. The van der Waals surface area contributed by atoms with Crippen molar-refractivity contribution in [2.24, 2.45) is 0 Å². The van der Waals surface area contributed by atoms with Gasteiger partial charge in [-0.05, 0) is 25.0 Å². The first kappa shape index (κ1) is 14.0. The molecule has 2 aliphatic rings. The molecule has 2 fully saturated rings. The third kappa shape index (κ3) is 2.76. The van der Waals surface area contributed by atoms with Crippen LogP contribution in [0.2, 0.25) is 0 Å². The molecular formula is C15H18N2O4. The second-order valence-electron chi connectivity index (χ2n) is 5.50. The molecule has 0 bridgehead atoms. The number of aromatic carboxylic acids is 1. The van der Waals surface area contributed by atoms with Gasteiger partial charge in [-0.3, -0.25) is 4.79 Å². The first-order chi connectivity index (χ1) is 10.2. The van der Waals surface area contributed by atoms with Crippen LogP contribution in [-0.2, 0) is 4.74 Å². The van der Waals surface area contributed by atoms with E-state index in [2.05, 4.69) is 4.98 Å². The van der Waals surface area contributed by atoms with Crippen molar-refractivity contribution in [1.82, 2.24) is 9.88 Å². The Bertz CT molecular complexity index is 541. The van der Waals surface area contributed by atoms with Gasteiger partial charge in [-0.2, -0.15) is 0 Å². The van der Waals surface area contributed by atoms with Gasteiger partial charge in [0.25, 0.3) is 5.91 Å². The fourth-order valence-electron chi connectivity index (χ4n) is 3.16. The van der Waals surface area contributed by atoms with Crippen LogP contribution in [0.25, 0.3) is 0 Å². The van der Waals surface area contributed by atoms with Crippen LogP contribution in [-0.4, -0.2) is 52.2 Å². The number of carbonyl (C=O) groups is 2. The minimum Gasteiger partial charge on any atom is -0.477 e. The molecule has 0 unspecified atom stereocenters. The molecule has 1 N–H and O–H groups in total. The Hall–Kier alpha value is -1.95. The number of rotatable bonds is 2. The number of pyridine rings is 1. The maximum atomic E-state index is 12.6. The largest absolute Gasteiger partial charge is 0.477 e. The summed E-state index contributed by atoms with van der Waals surface area (Å²) in [6.45, 7) is 1.15. The van der Waals surface area contributed by atoms with Gasteiger partial charge in [0.15, 0.2) is 0 Å². The number of fused-ring (bicyclic) bond motifs is 1. The van der Waals surface area contributed by atoms with Crippen molar-refractivity contribution in [1.29, 1.82) is 0 Å². The van der Waals surface area contributed by atoms with Gasteiger partial charge in [0.1, 0.15) is 5.69 Å².